The van der Waals surface area contributed by atoms with Crippen molar-refractivity contribution in [3.05, 3.63) is 77.2 Å². The van der Waals surface area contributed by atoms with Crippen LogP contribution in [0.3, 0.4) is 0 Å². The molecule has 4 rings (SSSR count). The van der Waals surface area contributed by atoms with Crippen molar-refractivity contribution in [2.45, 2.75) is 12.4 Å². The molecule has 158 valence electrons. The minimum atomic E-state index is -4.57. The molecular formula is C21H11F6N3S. The van der Waals surface area contributed by atoms with Crippen molar-refractivity contribution in [1.29, 1.82) is 0 Å². The molecule has 2 aromatic heterocycles. The van der Waals surface area contributed by atoms with Crippen LogP contribution in [0.5, 0.6) is 0 Å². The van der Waals surface area contributed by atoms with Crippen LogP contribution in [0.25, 0.3) is 33.5 Å². The van der Waals surface area contributed by atoms with Crippen LogP contribution in [0, 0.1) is 0 Å². The third kappa shape index (κ3) is 4.58. The number of nitrogens with zero attached hydrogens (tertiary/aromatic N) is 3. The lowest BCUT2D eigenvalue weighted by Gasteiger charge is -2.11. The number of thiophene rings is 1. The van der Waals surface area contributed by atoms with Gasteiger partial charge in [-0.3, -0.25) is 0 Å². The average Bonchev–Trinajstić information content (AvgIpc) is 3.27. The molecule has 0 amide bonds. The quantitative estimate of drug-likeness (QED) is 0.316. The molecule has 0 N–H and O–H groups in total. The Morgan fingerprint density at radius 1 is 0.581 bits per heavy atom. The Hall–Kier alpha value is -3.27. The molecule has 2 aromatic carbocycles. The summed E-state index contributed by atoms with van der Waals surface area (Å²) in [6.45, 7) is 0. The minimum Gasteiger partial charge on any atom is -0.208 e. The van der Waals surface area contributed by atoms with Gasteiger partial charge in [-0.2, -0.15) is 26.3 Å². The van der Waals surface area contributed by atoms with Crippen LogP contribution in [-0.4, -0.2) is 15.0 Å². The van der Waals surface area contributed by atoms with Crippen molar-refractivity contribution in [1.82, 2.24) is 15.0 Å². The molecule has 31 heavy (non-hydrogen) atoms. The van der Waals surface area contributed by atoms with Crippen molar-refractivity contribution in [3.8, 4) is 33.5 Å². The lowest BCUT2D eigenvalue weighted by Crippen LogP contribution is -2.06. The van der Waals surface area contributed by atoms with Crippen molar-refractivity contribution in [2.75, 3.05) is 0 Å². The molecule has 0 saturated carbocycles. The van der Waals surface area contributed by atoms with Crippen LogP contribution < -0.4 is 0 Å². The maximum atomic E-state index is 13.1. The lowest BCUT2D eigenvalue weighted by atomic mass is 10.1. The molecule has 0 radical (unpaired) electrons. The number of alkyl halides is 6. The van der Waals surface area contributed by atoms with Gasteiger partial charge in [-0.25, -0.2) is 15.0 Å². The maximum Gasteiger partial charge on any atom is 0.416 e. The fourth-order valence-corrected chi connectivity index (χ4v) is 3.48. The highest BCUT2D eigenvalue weighted by Crippen LogP contribution is 2.34. The molecule has 0 aliphatic heterocycles. The van der Waals surface area contributed by atoms with Gasteiger partial charge in [0.15, 0.2) is 17.5 Å². The maximum absolute atomic E-state index is 13.1. The standard InChI is InChI=1S/C21H11F6N3S/c22-20(23,24)14-6-1-4-12(10-14)17-28-18(30-19(29-17)16-8-3-9-31-16)13-5-2-7-15(11-13)21(25,26)27/h1-11H. The smallest absolute Gasteiger partial charge is 0.208 e. The second-order valence-corrected chi connectivity index (χ2v) is 7.39. The average molecular weight is 451 g/mol. The van der Waals surface area contributed by atoms with E-state index in [0.29, 0.717) is 4.88 Å². The van der Waals surface area contributed by atoms with Gasteiger partial charge in [-0.15, -0.1) is 11.3 Å². The van der Waals surface area contributed by atoms with E-state index >= 15 is 0 Å². The lowest BCUT2D eigenvalue weighted by molar-refractivity contribution is -0.138. The molecule has 2 heterocycles. The van der Waals surface area contributed by atoms with Gasteiger partial charge in [0.05, 0.1) is 16.0 Å². The molecule has 0 fully saturated rings. The van der Waals surface area contributed by atoms with Crippen LogP contribution in [-0.2, 0) is 12.4 Å². The SMILES string of the molecule is FC(F)(F)c1cccc(-c2nc(-c3cccc(C(F)(F)F)c3)nc(-c3cccs3)n2)c1. The van der Waals surface area contributed by atoms with Gasteiger partial charge >= 0.3 is 12.4 Å². The number of benzene rings is 2. The largest absolute Gasteiger partial charge is 0.416 e. The van der Waals surface area contributed by atoms with E-state index in [2.05, 4.69) is 15.0 Å². The molecule has 0 unspecified atom stereocenters. The van der Waals surface area contributed by atoms with Crippen LogP contribution in [0.1, 0.15) is 11.1 Å². The summed E-state index contributed by atoms with van der Waals surface area (Å²) in [6.07, 6.45) is -9.13. The molecule has 4 aromatic rings. The van der Waals surface area contributed by atoms with E-state index in [-0.39, 0.29) is 28.6 Å². The van der Waals surface area contributed by atoms with E-state index in [0.717, 1.165) is 24.3 Å². The van der Waals surface area contributed by atoms with Gasteiger partial charge < -0.3 is 0 Å². The van der Waals surface area contributed by atoms with Gasteiger partial charge in [0.25, 0.3) is 0 Å². The summed E-state index contributed by atoms with van der Waals surface area (Å²) in [4.78, 5) is 13.3. The van der Waals surface area contributed by atoms with Crippen LogP contribution in [0.4, 0.5) is 26.3 Å². The molecular weight excluding hydrogens is 440 g/mol. The topological polar surface area (TPSA) is 38.7 Å². The molecule has 0 aliphatic rings. The van der Waals surface area contributed by atoms with E-state index in [1.54, 1.807) is 17.5 Å². The van der Waals surface area contributed by atoms with Gasteiger partial charge in [0, 0.05) is 11.1 Å². The molecule has 0 spiro atoms. The second kappa shape index (κ2) is 7.77. The number of hydrogen-bond acceptors (Lipinski definition) is 4. The normalized spacial score (nSPS) is 12.2. The Morgan fingerprint density at radius 3 is 1.48 bits per heavy atom. The van der Waals surface area contributed by atoms with E-state index in [9.17, 15) is 26.3 Å². The molecule has 0 atom stereocenters. The zero-order valence-electron chi connectivity index (χ0n) is 15.4. The highest BCUT2D eigenvalue weighted by molar-refractivity contribution is 7.13. The molecule has 0 saturated heterocycles. The zero-order chi connectivity index (χ0) is 22.2. The fourth-order valence-electron chi connectivity index (χ4n) is 2.82. The van der Waals surface area contributed by atoms with Gasteiger partial charge in [0.2, 0.25) is 0 Å². The first kappa shape index (κ1) is 21.0. The van der Waals surface area contributed by atoms with Crippen molar-refractivity contribution < 1.29 is 26.3 Å². The molecule has 10 heteroatoms. The molecule has 0 aliphatic carbocycles. The number of rotatable bonds is 3. The summed E-state index contributed by atoms with van der Waals surface area (Å²) in [5.74, 6) is 0.0126. The monoisotopic (exact) mass is 451 g/mol. The third-order valence-corrected chi connectivity index (χ3v) is 5.14. The Bertz CT molecular complexity index is 1140. The summed E-state index contributed by atoms with van der Waals surface area (Å²) >= 11 is 1.29. The second-order valence-electron chi connectivity index (χ2n) is 6.44. The number of aromatic nitrogens is 3. The third-order valence-electron chi connectivity index (χ3n) is 4.27. The number of halogens is 6. The van der Waals surface area contributed by atoms with Gasteiger partial charge in [0.1, 0.15) is 0 Å². The zero-order valence-corrected chi connectivity index (χ0v) is 16.2. The van der Waals surface area contributed by atoms with E-state index in [1.807, 2.05) is 0 Å². The van der Waals surface area contributed by atoms with E-state index < -0.39 is 23.5 Å². The van der Waals surface area contributed by atoms with Gasteiger partial charge in [-0.1, -0.05) is 30.3 Å². The molecule has 0 bridgehead atoms. The predicted octanol–water partition coefficient (Wildman–Crippen LogP) is 6.97. The Kier molecular flexibility index (Phi) is 5.26. The summed E-state index contributed by atoms with van der Waals surface area (Å²) in [5.41, 5.74) is -1.63. The first-order chi connectivity index (χ1) is 14.6. The highest BCUT2D eigenvalue weighted by atomic mass is 32.1. The van der Waals surface area contributed by atoms with Crippen molar-refractivity contribution in [3.63, 3.8) is 0 Å². The first-order valence-electron chi connectivity index (χ1n) is 8.76. The van der Waals surface area contributed by atoms with Crippen molar-refractivity contribution in [2.24, 2.45) is 0 Å². The Labute approximate surface area is 176 Å². The number of hydrogen-bond donors (Lipinski definition) is 0. The minimum absolute atomic E-state index is 0.0723. The Morgan fingerprint density at radius 2 is 1.06 bits per heavy atom. The summed E-state index contributed by atoms with van der Waals surface area (Å²) in [6, 6.07) is 12.3. The van der Waals surface area contributed by atoms with Crippen LogP contribution in [0.2, 0.25) is 0 Å². The Balaban J connectivity index is 1.89. The summed E-state index contributed by atoms with van der Waals surface area (Å²) in [5, 5.41) is 1.76. The fraction of sp³-hybridized carbons (Fsp3) is 0.0952. The summed E-state index contributed by atoms with van der Waals surface area (Å²) in [7, 11) is 0. The first-order valence-corrected chi connectivity index (χ1v) is 9.64. The van der Waals surface area contributed by atoms with Crippen LogP contribution >= 0.6 is 11.3 Å². The predicted molar refractivity (Wildman–Crippen MR) is 104 cm³/mol. The summed E-state index contributed by atoms with van der Waals surface area (Å²) < 4.78 is 78.8. The van der Waals surface area contributed by atoms with Crippen LogP contribution in [0.15, 0.2) is 66.0 Å². The van der Waals surface area contributed by atoms with E-state index in [4.69, 9.17) is 0 Å². The van der Waals surface area contributed by atoms with Gasteiger partial charge in [-0.05, 0) is 35.7 Å². The van der Waals surface area contributed by atoms with Crippen molar-refractivity contribution >= 4 is 11.3 Å². The van der Waals surface area contributed by atoms with E-state index in [1.165, 1.54) is 35.6 Å². The molecule has 3 nitrogen and oxygen atoms in total. The highest BCUT2D eigenvalue weighted by Gasteiger charge is 2.32.